The lowest BCUT2D eigenvalue weighted by Gasteiger charge is -2.29. The number of nitrogen functional groups attached to an aromatic ring is 1. The number of nitrogens with one attached hydrogen (secondary N) is 1. The summed E-state index contributed by atoms with van der Waals surface area (Å²) >= 11 is 0. The minimum Gasteiger partial charge on any atom is -0.384 e. The van der Waals surface area contributed by atoms with E-state index in [4.69, 9.17) is 11.1 Å². The largest absolute Gasteiger partial charge is 0.384 e. The maximum atomic E-state index is 7.67. The molecule has 1 heterocycles. The Bertz CT molecular complexity index is 580. The number of benzene rings is 1. The second kappa shape index (κ2) is 6.14. The minimum absolute atomic E-state index is 0.00797. The summed E-state index contributed by atoms with van der Waals surface area (Å²) in [6.45, 7) is 4.88. The molecule has 0 aliphatic rings. The number of nitrogens with zero attached hydrogens (tertiary/aromatic N) is 3. The molecule has 0 spiro atoms. The number of anilines is 1. The monoisotopic (exact) mass is 269 g/mol. The fourth-order valence-corrected chi connectivity index (χ4v) is 2.03. The van der Waals surface area contributed by atoms with Gasteiger partial charge in [-0.2, -0.15) is 5.10 Å². The molecule has 0 fully saturated rings. The Morgan fingerprint density at radius 2 is 1.95 bits per heavy atom. The molecule has 0 atom stereocenters. The maximum Gasteiger partial charge on any atom is 0.162 e. The Morgan fingerprint density at radius 3 is 2.55 bits per heavy atom. The van der Waals surface area contributed by atoms with Crippen molar-refractivity contribution in [2.75, 3.05) is 4.90 Å². The van der Waals surface area contributed by atoms with Crippen LogP contribution < -0.4 is 10.6 Å². The van der Waals surface area contributed by atoms with Crippen molar-refractivity contribution in [1.29, 1.82) is 5.41 Å². The average Bonchev–Trinajstić information content (AvgIpc) is 2.45. The second-order valence-corrected chi connectivity index (χ2v) is 4.89. The van der Waals surface area contributed by atoms with Crippen LogP contribution in [0.15, 0.2) is 42.6 Å². The van der Waals surface area contributed by atoms with E-state index in [1.54, 1.807) is 12.3 Å². The molecule has 0 aliphatic heterocycles. The third-order valence-electron chi connectivity index (χ3n) is 3.08. The van der Waals surface area contributed by atoms with Gasteiger partial charge in [0.05, 0.1) is 11.8 Å². The van der Waals surface area contributed by atoms with Crippen LogP contribution in [0.5, 0.6) is 0 Å². The molecule has 0 saturated heterocycles. The highest BCUT2D eigenvalue weighted by Gasteiger charge is 2.18. The number of nitrogens with two attached hydrogens (primary N) is 1. The first-order valence-corrected chi connectivity index (χ1v) is 6.56. The molecule has 104 valence electrons. The molecule has 0 saturated carbocycles. The summed E-state index contributed by atoms with van der Waals surface area (Å²) in [4.78, 5) is 2.10. The number of hydrogen-bond donors (Lipinski definition) is 2. The summed E-state index contributed by atoms with van der Waals surface area (Å²) in [5.41, 5.74) is 7.43. The Hall–Kier alpha value is -2.43. The highest BCUT2D eigenvalue weighted by molar-refractivity contribution is 5.99. The van der Waals surface area contributed by atoms with Crippen molar-refractivity contribution in [3.63, 3.8) is 0 Å². The summed E-state index contributed by atoms with van der Waals surface area (Å²) in [6, 6.07) is 12.1. The van der Waals surface area contributed by atoms with Crippen LogP contribution in [0.3, 0.4) is 0 Å². The van der Waals surface area contributed by atoms with Crippen LogP contribution in [0, 0.1) is 5.41 Å². The highest BCUT2D eigenvalue weighted by Crippen LogP contribution is 2.21. The van der Waals surface area contributed by atoms with Crippen LogP contribution in [-0.2, 0) is 6.54 Å². The Balaban J connectivity index is 2.37. The minimum atomic E-state index is 0.00797. The zero-order chi connectivity index (χ0) is 14.5. The number of rotatable bonds is 5. The Kier molecular flexibility index (Phi) is 4.30. The van der Waals surface area contributed by atoms with Gasteiger partial charge in [0.2, 0.25) is 0 Å². The van der Waals surface area contributed by atoms with Crippen LogP contribution in [-0.4, -0.2) is 22.1 Å². The van der Waals surface area contributed by atoms with E-state index in [0.717, 1.165) is 0 Å². The normalized spacial score (nSPS) is 10.6. The number of aromatic nitrogens is 2. The number of hydrogen-bond acceptors (Lipinski definition) is 4. The van der Waals surface area contributed by atoms with E-state index in [-0.39, 0.29) is 11.9 Å². The lowest BCUT2D eigenvalue weighted by Crippen LogP contribution is -2.33. The maximum absolute atomic E-state index is 7.67. The lowest BCUT2D eigenvalue weighted by atomic mass is 10.1. The van der Waals surface area contributed by atoms with Crippen LogP contribution >= 0.6 is 0 Å². The fraction of sp³-hybridized carbons (Fsp3) is 0.267. The fourth-order valence-electron chi connectivity index (χ4n) is 2.03. The van der Waals surface area contributed by atoms with Gasteiger partial charge >= 0.3 is 0 Å². The van der Waals surface area contributed by atoms with Crippen LogP contribution in [0.2, 0.25) is 0 Å². The van der Waals surface area contributed by atoms with Gasteiger partial charge in [0.1, 0.15) is 5.84 Å². The molecule has 5 nitrogen and oxygen atoms in total. The van der Waals surface area contributed by atoms with Gasteiger partial charge in [-0.15, -0.1) is 5.10 Å². The first kappa shape index (κ1) is 14.0. The van der Waals surface area contributed by atoms with Crippen LogP contribution in [0.25, 0.3) is 0 Å². The molecule has 0 aliphatic carbocycles. The molecule has 0 amide bonds. The zero-order valence-electron chi connectivity index (χ0n) is 11.7. The molecule has 20 heavy (non-hydrogen) atoms. The van der Waals surface area contributed by atoms with Gasteiger partial charge in [-0.1, -0.05) is 30.3 Å². The van der Waals surface area contributed by atoms with Crippen molar-refractivity contribution in [2.24, 2.45) is 5.73 Å². The van der Waals surface area contributed by atoms with Crippen LogP contribution in [0.4, 0.5) is 5.82 Å². The van der Waals surface area contributed by atoms with E-state index < -0.39 is 0 Å². The van der Waals surface area contributed by atoms with Crippen molar-refractivity contribution in [2.45, 2.75) is 26.4 Å². The third kappa shape index (κ3) is 3.12. The molecule has 3 N–H and O–H groups in total. The topological polar surface area (TPSA) is 78.9 Å². The molecule has 1 aromatic carbocycles. The third-order valence-corrected chi connectivity index (χ3v) is 3.08. The van der Waals surface area contributed by atoms with E-state index in [1.165, 1.54) is 5.56 Å². The quantitative estimate of drug-likeness (QED) is 0.644. The molecule has 1 aromatic heterocycles. The van der Waals surface area contributed by atoms with Gasteiger partial charge in [-0.3, -0.25) is 5.41 Å². The summed E-state index contributed by atoms with van der Waals surface area (Å²) in [5.74, 6) is 0.660. The molecule has 5 heteroatoms. The van der Waals surface area contributed by atoms with E-state index in [9.17, 15) is 0 Å². The predicted molar refractivity (Wildman–Crippen MR) is 80.8 cm³/mol. The molecule has 0 bridgehead atoms. The summed E-state index contributed by atoms with van der Waals surface area (Å²) in [7, 11) is 0. The SMILES string of the molecule is CC(C)N(Cc1ccccc1)c1nnccc1C(=N)N. The Morgan fingerprint density at radius 1 is 1.25 bits per heavy atom. The molecule has 0 unspecified atom stereocenters. The smallest absolute Gasteiger partial charge is 0.162 e. The van der Waals surface area contributed by atoms with E-state index in [2.05, 4.69) is 41.1 Å². The van der Waals surface area contributed by atoms with Crippen LogP contribution in [0.1, 0.15) is 25.0 Å². The van der Waals surface area contributed by atoms with Crippen molar-refractivity contribution in [3.8, 4) is 0 Å². The summed E-state index contributed by atoms with van der Waals surface area (Å²) < 4.78 is 0. The zero-order valence-corrected chi connectivity index (χ0v) is 11.7. The van der Waals surface area contributed by atoms with Gasteiger partial charge in [-0.25, -0.2) is 0 Å². The van der Waals surface area contributed by atoms with Gasteiger partial charge in [0, 0.05) is 12.6 Å². The molecular formula is C15H19N5. The van der Waals surface area contributed by atoms with Gasteiger partial charge in [-0.05, 0) is 25.5 Å². The first-order valence-electron chi connectivity index (χ1n) is 6.56. The molecule has 2 aromatic rings. The average molecular weight is 269 g/mol. The molecular weight excluding hydrogens is 250 g/mol. The number of amidine groups is 1. The van der Waals surface area contributed by atoms with E-state index >= 15 is 0 Å². The highest BCUT2D eigenvalue weighted by atomic mass is 15.3. The van der Waals surface area contributed by atoms with E-state index in [0.29, 0.717) is 17.9 Å². The molecule has 0 radical (unpaired) electrons. The molecule has 2 rings (SSSR count). The summed E-state index contributed by atoms with van der Waals surface area (Å²) in [6.07, 6.45) is 1.56. The van der Waals surface area contributed by atoms with Crippen molar-refractivity contribution < 1.29 is 0 Å². The predicted octanol–water partition coefficient (Wildman–Crippen LogP) is 2.18. The van der Waals surface area contributed by atoms with Gasteiger partial charge in [0.25, 0.3) is 0 Å². The Labute approximate surface area is 119 Å². The van der Waals surface area contributed by atoms with E-state index in [1.807, 2.05) is 18.2 Å². The standard InChI is InChI=1S/C15H19N5/c1-11(2)20(10-12-6-4-3-5-7-12)15-13(14(16)17)8-9-18-19-15/h3-9,11H,10H2,1-2H3,(H3,16,17). The lowest BCUT2D eigenvalue weighted by molar-refractivity contribution is 0.665. The van der Waals surface area contributed by atoms with Gasteiger partial charge in [0.15, 0.2) is 5.82 Å². The first-order chi connectivity index (χ1) is 9.59. The van der Waals surface area contributed by atoms with Crippen molar-refractivity contribution in [3.05, 3.63) is 53.7 Å². The summed E-state index contributed by atoms with van der Waals surface area (Å²) in [5, 5.41) is 15.8. The van der Waals surface area contributed by atoms with Crippen molar-refractivity contribution >= 4 is 11.7 Å². The second-order valence-electron chi connectivity index (χ2n) is 4.89. The van der Waals surface area contributed by atoms with Crippen molar-refractivity contribution in [1.82, 2.24) is 10.2 Å². The van der Waals surface area contributed by atoms with Gasteiger partial charge < -0.3 is 10.6 Å².